The molecule has 1 fully saturated rings. The van der Waals surface area contributed by atoms with Gasteiger partial charge in [-0.2, -0.15) is 4.31 Å². The van der Waals surface area contributed by atoms with Crippen molar-refractivity contribution in [2.45, 2.75) is 50.5 Å². The lowest BCUT2D eigenvalue weighted by Gasteiger charge is -2.36. The molecule has 2 aromatic rings. The van der Waals surface area contributed by atoms with Crippen molar-refractivity contribution in [2.75, 3.05) is 29.9 Å². The first kappa shape index (κ1) is 22.9. The molecule has 9 heteroatoms. The summed E-state index contributed by atoms with van der Waals surface area (Å²) in [5, 5.41) is 2.75. The second kappa shape index (κ2) is 8.70. The Morgan fingerprint density at radius 3 is 2.62 bits per heavy atom. The summed E-state index contributed by atoms with van der Waals surface area (Å²) in [7, 11) is -3.76. The summed E-state index contributed by atoms with van der Waals surface area (Å²) in [5.41, 5.74) is 3.20. The summed E-state index contributed by atoms with van der Waals surface area (Å²) < 4.78 is 34.0. The number of ether oxygens (including phenoxy) is 1. The lowest BCUT2D eigenvalue weighted by atomic mass is 9.94. The molecule has 1 N–H and O–H groups in total. The minimum absolute atomic E-state index is 0.0901. The van der Waals surface area contributed by atoms with Crippen molar-refractivity contribution < 1.29 is 22.7 Å². The number of amides is 2. The number of sulfonamides is 1. The van der Waals surface area contributed by atoms with Gasteiger partial charge in [0.25, 0.3) is 5.91 Å². The second-order valence-electron chi connectivity index (χ2n) is 9.26. The van der Waals surface area contributed by atoms with Gasteiger partial charge in [0, 0.05) is 37.3 Å². The number of hydrogen-bond acceptors (Lipinski definition) is 5. The van der Waals surface area contributed by atoms with Crippen LogP contribution in [0.4, 0.5) is 11.4 Å². The molecule has 180 valence electrons. The lowest BCUT2D eigenvalue weighted by molar-refractivity contribution is -0.124. The van der Waals surface area contributed by atoms with Gasteiger partial charge in [0.05, 0.1) is 10.6 Å². The van der Waals surface area contributed by atoms with Crippen molar-refractivity contribution in [1.82, 2.24) is 4.31 Å². The molecule has 0 radical (unpaired) electrons. The quantitative estimate of drug-likeness (QED) is 0.724. The zero-order valence-electron chi connectivity index (χ0n) is 19.4. The third-order valence-corrected chi connectivity index (χ3v) is 9.05. The third kappa shape index (κ3) is 3.96. The van der Waals surface area contributed by atoms with Crippen molar-refractivity contribution in [3.05, 3.63) is 47.5 Å². The Balaban J connectivity index is 1.31. The Labute approximate surface area is 199 Å². The Morgan fingerprint density at radius 2 is 1.85 bits per heavy atom. The maximum Gasteiger partial charge on any atom is 0.265 e. The van der Waals surface area contributed by atoms with Crippen molar-refractivity contribution in [1.29, 1.82) is 0 Å². The number of aryl methyl sites for hydroxylation is 2. The molecule has 1 saturated heterocycles. The van der Waals surface area contributed by atoms with Gasteiger partial charge in [-0.05, 0) is 62.8 Å². The number of hydrogen-bond donors (Lipinski definition) is 1. The smallest absolute Gasteiger partial charge is 0.265 e. The Morgan fingerprint density at radius 1 is 1.12 bits per heavy atom. The molecule has 1 atom stereocenters. The summed E-state index contributed by atoms with van der Waals surface area (Å²) in [4.78, 5) is 27.2. The van der Waals surface area contributed by atoms with Gasteiger partial charge in [0.1, 0.15) is 5.75 Å². The van der Waals surface area contributed by atoms with Gasteiger partial charge in [0.2, 0.25) is 15.9 Å². The highest BCUT2D eigenvalue weighted by Crippen LogP contribution is 2.37. The summed E-state index contributed by atoms with van der Waals surface area (Å²) in [6.07, 6.45) is 2.21. The van der Waals surface area contributed by atoms with Crippen LogP contribution in [0.15, 0.2) is 41.3 Å². The first-order valence-corrected chi connectivity index (χ1v) is 13.2. The van der Waals surface area contributed by atoms with Gasteiger partial charge in [-0.3, -0.25) is 9.59 Å². The summed E-state index contributed by atoms with van der Waals surface area (Å²) >= 11 is 0. The highest BCUT2D eigenvalue weighted by atomic mass is 32.2. The molecular weight excluding hydrogens is 454 g/mol. The number of benzene rings is 2. The number of nitrogens with zero attached hydrogens (tertiary/aromatic N) is 2. The zero-order valence-corrected chi connectivity index (χ0v) is 20.2. The van der Waals surface area contributed by atoms with E-state index in [-0.39, 0.29) is 22.6 Å². The molecule has 8 nitrogen and oxygen atoms in total. The predicted octanol–water partition coefficient (Wildman–Crippen LogP) is 3.09. The van der Waals surface area contributed by atoms with Gasteiger partial charge in [-0.1, -0.05) is 18.2 Å². The van der Waals surface area contributed by atoms with Gasteiger partial charge < -0.3 is 15.0 Å². The Hall–Kier alpha value is -2.91. The number of rotatable bonds is 3. The fraction of sp³-hybridized carbons (Fsp3) is 0.440. The minimum atomic E-state index is -3.76. The van der Waals surface area contributed by atoms with Gasteiger partial charge in [0.15, 0.2) is 6.10 Å². The zero-order chi connectivity index (χ0) is 24.0. The largest absolute Gasteiger partial charge is 0.479 e. The molecule has 3 heterocycles. The van der Waals surface area contributed by atoms with Crippen LogP contribution in [0.5, 0.6) is 5.75 Å². The van der Waals surface area contributed by atoms with Crippen LogP contribution in [0.1, 0.15) is 37.3 Å². The number of piperidine rings is 1. The molecule has 0 saturated carbocycles. The Bertz CT molecular complexity index is 1250. The van der Waals surface area contributed by atoms with Crippen molar-refractivity contribution >= 4 is 33.2 Å². The lowest BCUT2D eigenvalue weighted by Crippen LogP contribution is -2.45. The van der Waals surface area contributed by atoms with E-state index in [0.717, 1.165) is 18.5 Å². The predicted molar refractivity (Wildman–Crippen MR) is 128 cm³/mol. The van der Waals surface area contributed by atoms with Gasteiger partial charge in [-0.15, -0.1) is 0 Å². The van der Waals surface area contributed by atoms with E-state index in [2.05, 4.69) is 11.4 Å². The van der Waals surface area contributed by atoms with Crippen LogP contribution in [-0.4, -0.2) is 50.3 Å². The van der Waals surface area contributed by atoms with Crippen LogP contribution >= 0.6 is 0 Å². The van der Waals surface area contributed by atoms with Crippen LogP contribution in [-0.2, 0) is 26.0 Å². The molecule has 2 amide bonds. The number of carbonyl (C=O) groups is 2. The van der Waals surface area contributed by atoms with E-state index in [1.807, 2.05) is 23.1 Å². The molecule has 0 bridgehead atoms. The highest BCUT2D eigenvalue weighted by Gasteiger charge is 2.36. The number of nitrogens with one attached hydrogen (secondary N) is 1. The average molecular weight is 484 g/mol. The van der Waals surface area contributed by atoms with Crippen LogP contribution in [0.25, 0.3) is 0 Å². The molecule has 3 aliphatic rings. The van der Waals surface area contributed by atoms with Gasteiger partial charge in [-0.25, -0.2) is 8.42 Å². The van der Waals surface area contributed by atoms with Crippen molar-refractivity contribution in [3.63, 3.8) is 0 Å². The second-order valence-corrected chi connectivity index (χ2v) is 11.2. The van der Waals surface area contributed by atoms with E-state index >= 15 is 0 Å². The van der Waals surface area contributed by atoms with Gasteiger partial charge >= 0.3 is 0 Å². The molecular formula is C25H29N3O5S. The minimum Gasteiger partial charge on any atom is -0.479 e. The van der Waals surface area contributed by atoms with E-state index in [4.69, 9.17) is 4.74 Å². The molecule has 0 aliphatic carbocycles. The Kier molecular flexibility index (Phi) is 5.85. The number of anilines is 2. The number of para-hydroxylation sites is 1. The standard InChI is InChI=1S/C25H29N3O5S/c1-16-14-20-22(33-17(2)24(29)26-20)15-23(16)34(31,32)27-12-9-19(10-13-27)25(30)28-11-5-7-18-6-3-4-8-21(18)28/h3-4,6,8,14-15,17,19H,5,7,9-13H2,1-2H3,(H,26,29). The van der Waals surface area contributed by atoms with Crippen molar-refractivity contribution in [3.8, 4) is 5.75 Å². The molecule has 34 heavy (non-hydrogen) atoms. The molecule has 0 aromatic heterocycles. The maximum atomic E-state index is 13.5. The van der Waals surface area contributed by atoms with Crippen LogP contribution in [0, 0.1) is 12.8 Å². The average Bonchev–Trinajstić information content (AvgIpc) is 2.84. The first-order chi connectivity index (χ1) is 16.3. The normalized spacial score (nSPS) is 21.3. The third-order valence-electron chi connectivity index (χ3n) is 7.01. The van der Waals surface area contributed by atoms with E-state index in [1.165, 1.54) is 15.9 Å². The molecule has 5 rings (SSSR count). The monoisotopic (exact) mass is 483 g/mol. The van der Waals surface area contributed by atoms with Crippen LogP contribution in [0.3, 0.4) is 0 Å². The summed E-state index contributed by atoms with van der Waals surface area (Å²) in [5.74, 6) is -0.00963. The highest BCUT2D eigenvalue weighted by molar-refractivity contribution is 7.89. The molecule has 0 spiro atoms. The van der Waals surface area contributed by atoms with E-state index in [0.29, 0.717) is 49.5 Å². The fourth-order valence-electron chi connectivity index (χ4n) is 5.09. The molecule has 1 unspecified atom stereocenters. The van der Waals surface area contributed by atoms with E-state index < -0.39 is 16.1 Å². The number of fused-ring (bicyclic) bond motifs is 2. The van der Waals surface area contributed by atoms with Crippen LogP contribution < -0.4 is 15.0 Å². The van der Waals surface area contributed by atoms with Crippen molar-refractivity contribution in [2.24, 2.45) is 5.92 Å². The summed E-state index contributed by atoms with van der Waals surface area (Å²) in [6, 6.07) is 11.2. The topological polar surface area (TPSA) is 96.0 Å². The molecule has 2 aromatic carbocycles. The fourth-order valence-corrected chi connectivity index (χ4v) is 6.78. The SMILES string of the molecule is Cc1cc2c(cc1S(=O)(=O)N1CCC(C(=O)N3CCCc4ccccc43)CC1)OC(C)C(=O)N2. The first-order valence-electron chi connectivity index (χ1n) is 11.8. The van der Waals surface area contributed by atoms with E-state index in [9.17, 15) is 18.0 Å². The maximum absolute atomic E-state index is 13.5. The van der Waals surface area contributed by atoms with Crippen LogP contribution in [0.2, 0.25) is 0 Å². The molecule has 3 aliphatic heterocycles. The summed E-state index contributed by atoms with van der Waals surface area (Å²) in [6.45, 7) is 4.62. The number of carbonyl (C=O) groups excluding carboxylic acids is 2. The van der Waals surface area contributed by atoms with E-state index in [1.54, 1.807) is 19.9 Å².